The molecule has 0 fully saturated rings. The monoisotopic (exact) mass is 548 g/mol. The molecule has 8 nitrogen and oxygen atoms in total. The second-order valence-electron chi connectivity index (χ2n) is 9.08. The van der Waals surface area contributed by atoms with E-state index in [0.29, 0.717) is 29.9 Å². The molecule has 4 rings (SSSR count). The van der Waals surface area contributed by atoms with E-state index in [1.54, 1.807) is 60.7 Å². The molecule has 0 radical (unpaired) electrons. The first-order valence-electron chi connectivity index (χ1n) is 12.7. The van der Waals surface area contributed by atoms with Gasteiger partial charge in [0.1, 0.15) is 5.75 Å². The van der Waals surface area contributed by atoms with Gasteiger partial charge < -0.3 is 19.9 Å². The Kier molecular flexibility index (Phi) is 9.16. The van der Waals surface area contributed by atoms with Crippen molar-refractivity contribution in [3.63, 3.8) is 0 Å². The molecule has 0 bridgehead atoms. The third-order valence-corrected chi connectivity index (χ3v) is 8.13. The highest BCUT2D eigenvalue weighted by atomic mass is 32.2. The summed E-state index contributed by atoms with van der Waals surface area (Å²) in [7, 11) is -3.70. The highest BCUT2D eigenvalue weighted by Crippen LogP contribution is 2.43. The van der Waals surface area contributed by atoms with Gasteiger partial charge in [-0.15, -0.1) is 6.58 Å². The van der Waals surface area contributed by atoms with E-state index in [-0.39, 0.29) is 36.1 Å². The van der Waals surface area contributed by atoms with Gasteiger partial charge in [-0.3, -0.25) is 4.79 Å². The second kappa shape index (κ2) is 12.7. The summed E-state index contributed by atoms with van der Waals surface area (Å²) in [4.78, 5) is 18.8. The molecule has 0 spiro atoms. The maximum absolute atomic E-state index is 13.8. The Morgan fingerprint density at radius 2 is 1.72 bits per heavy atom. The van der Waals surface area contributed by atoms with Crippen molar-refractivity contribution < 1.29 is 27.8 Å². The molecule has 1 heterocycles. The molecule has 3 aromatic carbocycles. The number of nitrogens with one attached hydrogen (secondary N) is 1. The molecule has 1 amide bonds. The number of aliphatic imine (C=N–C) groups is 1. The van der Waals surface area contributed by atoms with Crippen molar-refractivity contribution in [3.05, 3.63) is 109 Å². The molecule has 9 heteroatoms. The predicted molar refractivity (Wildman–Crippen MR) is 149 cm³/mol. The minimum atomic E-state index is -3.70. The Bertz CT molecular complexity index is 1390. The Morgan fingerprint density at radius 3 is 2.36 bits per heavy atom. The van der Waals surface area contributed by atoms with Gasteiger partial charge in [-0.25, -0.2) is 13.4 Å². The Hall–Kier alpha value is -3.95. The molecule has 1 aliphatic rings. The van der Waals surface area contributed by atoms with E-state index in [0.717, 1.165) is 0 Å². The second-order valence-corrected chi connectivity index (χ2v) is 11.2. The van der Waals surface area contributed by atoms with Crippen LogP contribution in [0.25, 0.3) is 0 Å². The Morgan fingerprint density at radius 1 is 1.05 bits per heavy atom. The maximum atomic E-state index is 13.8. The number of aliphatic hydroxyl groups is 1. The smallest absolute Gasteiger partial charge is 0.252 e. The fourth-order valence-electron chi connectivity index (χ4n) is 4.35. The summed E-state index contributed by atoms with van der Waals surface area (Å²) in [5, 5.41) is 11.8. The average molecular weight is 549 g/mol. The number of sulfone groups is 1. The lowest BCUT2D eigenvalue weighted by molar-refractivity contribution is -0.128. The number of amides is 1. The molecule has 3 aromatic rings. The lowest BCUT2D eigenvalue weighted by Crippen LogP contribution is -2.49. The first kappa shape index (κ1) is 28.1. The number of hydrogen-bond donors (Lipinski definition) is 2. The molecule has 1 aliphatic heterocycles. The van der Waals surface area contributed by atoms with Crippen LogP contribution in [0.3, 0.4) is 0 Å². The lowest BCUT2D eigenvalue weighted by Gasteiger charge is -2.30. The van der Waals surface area contributed by atoms with E-state index >= 15 is 0 Å². The summed E-state index contributed by atoms with van der Waals surface area (Å²) in [5.41, 5.74) is -0.224. The van der Waals surface area contributed by atoms with Crippen LogP contribution >= 0.6 is 0 Å². The van der Waals surface area contributed by atoms with Crippen molar-refractivity contribution in [2.45, 2.75) is 29.4 Å². The fraction of sp³-hybridized carbons (Fsp3) is 0.267. The molecule has 0 saturated carbocycles. The quantitative estimate of drug-likeness (QED) is 0.248. The number of benzene rings is 3. The highest BCUT2D eigenvalue weighted by molar-refractivity contribution is 7.91. The van der Waals surface area contributed by atoms with E-state index < -0.39 is 27.4 Å². The van der Waals surface area contributed by atoms with Gasteiger partial charge in [-0.1, -0.05) is 54.6 Å². The molecule has 0 saturated heterocycles. The lowest BCUT2D eigenvalue weighted by atomic mass is 9.85. The third kappa shape index (κ3) is 6.55. The SMILES string of the molecule is C=CCNC(=O)[C@]1(CCS(=O)(=O)c2ccccc2)N=C(c2ccc(OCCCO)cc2)O[C@@H]1c1ccccc1. The minimum absolute atomic E-state index is 0.0413. The molecule has 2 atom stereocenters. The first-order chi connectivity index (χ1) is 18.9. The summed E-state index contributed by atoms with van der Waals surface area (Å²) in [6, 6.07) is 24.4. The number of carbonyl (C=O) groups excluding carboxylic acids is 1. The van der Waals surface area contributed by atoms with Crippen LogP contribution in [0, 0.1) is 0 Å². The zero-order valence-electron chi connectivity index (χ0n) is 21.5. The van der Waals surface area contributed by atoms with Crippen LogP contribution in [0.4, 0.5) is 0 Å². The summed E-state index contributed by atoms with van der Waals surface area (Å²) >= 11 is 0. The molecular formula is C30H32N2O6S. The molecule has 0 unspecified atom stereocenters. The molecule has 204 valence electrons. The number of ether oxygens (including phenoxy) is 2. The molecule has 39 heavy (non-hydrogen) atoms. The van der Waals surface area contributed by atoms with Gasteiger partial charge >= 0.3 is 0 Å². The molecule has 0 aliphatic carbocycles. The van der Waals surface area contributed by atoms with Gasteiger partial charge in [0.05, 0.1) is 17.3 Å². The number of rotatable bonds is 13. The highest BCUT2D eigenvalue weighted by Gasteiger charge is 2.53. The number of nitrogens with zero attached hydrogens (tertiary/aromatic N) is 1. The van der Waals surface area contributed by atoms with Gasteiger partial charge in [0.15, 0.2) is 21.5 Å². The largest absolute Gasteiger partial charge is 0.494 e. The summed E-state index contributed by atoms with van der Waals surface area (Å²) in [5.74, 6) is 0.101. The van der Waals surface area contributed by atoms with Crippen LogP contribution in [0.5, 0.6) is 5.75 Å². The van der Waals surface area contributed by atoms with Crippen molar-refractivity contribution in [2.24, 2.45) is 4.99 Å². The first-order valence-corrected chi connectivity index (χ1v) is 14.4. The van der Waals surface area contributed by atoms with E-state index in [1.807, 2.05) is 30.3 Å². The van der Waals surface area contributed by atoms with E-state index in [4.69, 9.17) is 19.6 Å². The summed E-state index contributed by atoms with van der Waals surface area (Å²) in [6.07, 6.45) is 1.12. The number of carbonyl (C=O) groups is 1. The van der Waals surface area contributed by atoms with Gasteiger partial charge in [0.2, 0.25) is 5.90 Å². The predicted octanol–water partition coefficient (Wildman–Crippen LogP) is 3.87. The van der Waals surface area contributed by atoms with Crippen molar-refractivity contribution in [2.75, 3.05) is 25.5 Å². The summed E-state index contributed by atoms with van der Waals surface area (Å²) in [6.45, 7) is 4.29. The third-order valence-electron chi connectivity index (χ3n) is 6.39. The average Bonchev–Trinajstić information content (AvgIpc) is 3.37. The topological polar surface area (TPSA) is 114 Å². The van der Waals surface area contributed by atoms with Crippen LogP contribution < -0.4 is 10.1 Å². The van der Waals surface area contributed by atoms with E-state index in [9.17, 15) is 13.2 Å². The van der Waals surface area contributed by atoms with Gasteiger partial charge in [0.25, 0.3) is 5.91 Å². The van der Waals surface area contributed by atoms with Crippen molar-refractivity contribution >= 4 is 21.6 Å². The van der Waals surface area contributed by atoms with E-state index in [1.165, 1.54) is 0 Å². The van der Waals surface area contributed by atoms with E-state index in [2.05, 4.69) is 11.9 Å². The van der Waals surface area contributed by atoms with Crippen LogP contribution in [0.15, 0.2) is 107 Å². The Labute approximate surface area is 228 Å². The van der Waals surface area contributed by atoms with Crippen LogP contribution in [0.2, 0.25) is 0 Å². The van der Waals surface area contributed by atoms with Gasteiger partial charge in [-0.2, -0.15) is 0 Å². The maximum Gasteiger partial charge on any atom is 0.252 e. The normalized spacial score (nSPS) is 18.6. The molecule has 2 N–H and O–H groups in total. The summed E-state index contributed by atoms with van der Waals surface area (Å²) < 4.78 is 38.5. The van der Waals surface area contributed by atoms with Gasteiger partial charge in [-0.05, 0) is 42.0 Å². The van der Waals surface area contributed by atoms with Crippen LogP contribution in [-0.4, -0.2) is 56.4 Å². The number of aliphatic hydroxyl groups excluding tert-OH is 1. The zero-order chi connectivity index (χ0) is 27.7. The van der Waals surface area contributed by atoms with Crippen molar-refractivity contribution in [1.29, 1.82) is 0 Å². The van der Waals surface area contributed by atoms with Crippen molar-refractivity contribution in [3.8, 4) is 5.75 Å². The molecule has 0 aromatic heterocycles. The van der Waals surface area contributed by atoms with Crippen LogP contribution in [0.1, 0.15) is 30.1 Å². The standard InChI is InChI=1S/C30H32N2O6S/c1-2-19-31-29(34)30(18-22-39(35,36)26-12-7-4-8-13-26)27(23-10-5-3-6-11-23)38-28(32-30)24-14-16-25(17-15-24)37-21-9-20-33/h2-8,10-17,27,33H,1,9,18-22H2,(H,31,34)/t27-,30-/m1/s1. The van der Waals surface area contributed by atoms with Gasteiger partial charge in [0, 0.05) is 31.6 Å². The Balaban J connectivity index is 1.73. The fourth-order valence-corrected chi connectivity index (χ4v) is 5.74. The van der Waals surface area contributed by atoms with Crippen LogP contribution in [-0.2, 0) is 19.4 Å². The van der Waals surface area contributed by atoms with Crippen molar-refractivity contribution in [1.82, 2.24) is 5.32 Å². The zero-order valence-corrected chi connectivity index (χ0v) is 22.3. The number of hydrogen-bond acceptors (Lipinski definition) is 7. The molecular weight excluding hydrogens is 516 g/mol. The minimum Gasteiger partial charge on any atom is -0.494 e.